The molecule has 0 radical (unpaired) electrons. The van der Waals surface area contributed by atoms with Crippen LogP contribution in [0.4, 0.5) is 0 Å². The average Bonchev–Trinajstić information content (AvgIpc) is 2.17. The van der Waals surface area contributed by atoms with Crippen LogP contribution in [0.2, 0.25) is 0 Å². The molecule has 1 aromatic rings. The van der Waals surface area contributed by atoms with Gasteiger partial charge in [-0.15, -0.1) is 11.3 Å². The predicted molar refractivity (Wildman–Crippen MR) is 35.1 cm³/mol. The van der Waals surface area contributed by atoms with Crippen molar-refractivity contribution >= 4 is 19.0 Å². The summed E-state index contributed by atoms with van der Waals surface area (Å²) in [6.07, 6.45) is 1.77. The van der Waals surface area contributed by atoms with Crippen molar-refractivity contribution in [3.05, 3.63) is 17.1 Å². The third-order valence-electron chi connectivity index (χ3n) is 0.347. The van der Waals surface area contributed by atoms with E-state index in [-0.39, 0.29) is 35.0 Å². The van der Waals surface area contributed by atoms with Gasteiger partial charge in [0.1, 0.15) is 0 Å². The number of hydrogen-bond acceptors (Lipinski definition) is 4. The first kappa shape index (κ1) is 16.9. The quantitative estimate of drug-likeness (QED) is 0.396. The largest absolute Gasteiger partial charge is 1.00 e. The van der Waals surface area contributed by atoms with Gasteiger partial charge in [-0.1, -0.05) is 0 Å². The molecule has 3 N–H and O–H groups in total. The zero-order valence-electron chi connectivity index (χ0n) is 5.65. The van der Waals surface area contributed by atoms with Crippen molar-refractivity contribution in [1.82, 2.24) is 4.98 Å². The fourth-order valence-electron chi connectivity index (χ4n) is 0.176. The molecule has 0 saturated carbocycles. The standard InChI is InChI=1S/C3H3NS.BH2O2.Na.H2O/c1-2-5-3-4-1;2-1-3;;/h1-3H;1-2H;;1H2/q;-1;+1;. The molecule has 52 valence electrons. The summed E-state index contributed by atoms with van der Waals surface area (Å²) in [5.74, 6) is 0. The van der Waals surface area contributed by atoms with Crippen LogP contribution in [0.3, 0.4) is 0 Å². The fraction of sp³-hybridized carbons (Fsp3) is 0. The molecule has 0 amide bonds. The zero-order chi connectivity index (χ0) is 6.24. The van der Waals surface area contributed by atoms with Crippen LogP contribution in [-0.2, 0) is 0 Å². The fourth-order valence-corrected chi connectivity index (χ4v) is 0.527. The van der Waals surface area contributed by atoms with E-state index in [4.69, 9.17) is 10.0 Å². The van der Waals surface area contributed by atoms with E-state index in [0.717, 1.165) is 0 Å². The minimum absolute atomic E-state index is 0. The van der Waals surface area contributed by atoms with Crippen molar-refractivity contribution in [2.75, 3.05) is 0 Å². The van der Waals surface area contributed by atoms with Crippen molar-refractivity contribution in [2.24, 2.45) is 0 Å². The number of hydrogen-bond donors (Lipinski definition) is 1. The molecule has 0 atom stereocenters. The van der Waals surface area contributed by atoms with Gasteiger partial charge in [-0.05, 0) is 0 Å². The number of nitrogens with zero attached hydrogens (tertiary/aromatic N) is 1. The maximum absolute atomic E-state index is 8.49. The van der Waals surface area contributed by atoms with E-state index in [9.17, 15) is 0 Å². The van der Waals surface area contributed by atoms with E-state index in [1.807, 2.05) is 5.38 Å². The first-order valence-corrected chi connectivity index (χ1v) is 2.87. The minimum atomic E-state index is -1.00. The minimum Gasteiger partial charge on any atom is -0.859 e. The van der Waals surface area contributed by atoms with Crippen LogP contribution in [-0.4, -0.2) is 23.2 Å². The van der Waals surface area contributed by atoms with Gasteiger partial charge >= 0.3 is 29.6 Å². The Hall–Kier alpha value is 0.575. The normalized spacial score (nSPS) is 5.40. The van der Waals surface area contributed by atoms with Crippen molar-refractivity contribution in [1.29, 1.82) is 0 Å². The summed E-state index contributed by atoms with van der Waals surface area (Å²) in [4.78, 5) is 3.74. The maximum atomic E-state index is 8.49. The predicted octanol–water partition coefficient (Wildman–Crippen LogP) is -5.07. The maximum Gasteiger partial charge on any atom is 1.00 e. The third kappa shape index (κ3) is 15.8. The van der Waals surface area contributed by atoms with Crippen molar-refractivity contribution in [2.45, 2.75) is 0 Å². The summed E-state index contributed by atoms with van der Waals surface area (Å²) < 4.78 is 0. The second-order valence-electron chi connectivity index (χ2n) is 0.805. The SMILES string of the molecule is O.[Na+].[O-]BO.c1cscn1. The Morgan fingerprint density at radius 1 is 1.60 bits per heavy atom. The Balaban J connectivity index is -0.0000000900. The van der Waals surface area contributed by atoms with Gasteiger partial charge in [0.15, 0.2) is 7.69 Å². The molecular formula is C3H7BNNaO3S. The third-order valence-corrected chi connectivity index (χ3v) is 0.869. The summed E-state index contributed by atoms with van der Waals surface area (Å²) in [6.45, 7) is 0. The van der Waals surface area contributed by atoms with Gasteiger partial charge in [0, 0.05) is 11.6 Å². The molecule has 0 spiro atoms. The Bertz CT molecular complexity index is 90.6. The molecule has 1 rings (SSSR count). The number of rotatable bonds is 0. The summed E-state index contributed by atoms with van der Waals surface area (Å²) >= 11 is 1.60. The van der Waals surface area contributed by atoms with Gasteiger partial charge in [0.25, 0.3) is 0 Å². The zero-order valence-corrected chi connectivity index (χ0v) is 8.47. The van der Waals surface area contributed by atoms with Crippen LogP contribution < -0.4 is 34.6 Å². The van der Waals surface area contributed by atoms with E-state index >= 15 is 0 Å². The van der Waals surface area contributed by atoms with Gasteiger partial charge in [0.2, 0.25) is 0 Å². The van der Waals surface area contributed by atoms with Gasteiger partial charge in [-0.25, -0.2) is 0 Å². The first-order chi connectivity index (χ1) is 3.91. The molecular weight excluding hydrogens is 164 g/mol. The monoisotopic (exact) mass is 171 g/mol. The number of thiazole rings is 1. The summed E-state index contributed by atoms with van der Waals surface area (Å²) in [6, 6.07) is 0. The molecule has 7 heteroatoms. The van der Waals surface area contributed by atoms with Crippen molar-refractivity contribution < 1.29 is 45.1 Å². The van der Waals surface area contributed by atoms with Crippen molar-refractivity contribution in [3.8, 4) is 0 Å². The first-order valence-electron chi connectivity index (χ1n) is 1.93. The second-order valence-corrected chi connectivity index (χ2v) is 1.56. The smallest absolute Gasteiger partial charge is 0.859 e. The van der Waals surface area contributed by atoms with E-state index in [2.05, 4.69) is 4.98 Å². The molecule has 0 aliphatic carbocycles. The molecule has 0 aromatic carbocycles. The van der Waals surface area contributed by atoms with Gasteiger partial charge in [0.05, 0.1) is 5.51 Å². The van der Waals surface area contributed by atoms with E-state index in [1.165, 1.54) is 0 Å². The summed E-state index contributed by atoms with van der Waals surface area (Å²) in [7, 11) is -1.00. The molecule has 0 unspecified atom stereocenters. The molecule has 0 aliphatic rings. The van der Waals surface area contributed by atoms with Gasteiger partial charge in [-0.2, -0.15) is 0 Å². The molecule has 1 aromatic heterocycles. The summed E-state index contributed by atoms with van der Waals surface area (Å²) in [5.41, 5.74) is 1.79. The van der Waals surface area contributed by atoms with E-state index < -0.39 is 7.69 Å². The van der Waals surface area contributed by atoms with Crippen LogP contribution in [0.1, 0.15) is 0 Å². The summed E-state index contributed by atoms with van der Waals surface area (Å²) in [5, 5.41) is 17.4. The van der Waals surface area contributed by atoms with Crippen LogP contribution in [0, 0.1) is 0 Å². The van der Waals surface area contributed by atoms with Crippen LogP contribution in [0.25, 0.3) is 0 Å². The van der Waals surface area contributed by atoms with E-state index in [1.54, 1.807) is 23.0 Å². The molecule has 4 nitrogen and oxygen atoms in total. The molecule has 10 heavy (non-hydrogen) atoms. The Morgan fingerprint density at radius 3 is 2.20 bits per heavy atom. The molecule has 0 fully saturated rings. The van der Waals surface area contributed by atoms with Gasteiger partial charge < -0.3 is 15.5 Å². The second kappa shape index (κ2) is 16.3. The number of aromatic nitrogens is 1. The molecule has 0 bridgehead atoms. The van der Waals surface area contributed by atoms with Gasteiger partial charge in [-0.3, -0.25) is 4.98 Å². The Morgan fingerprint density at radius 2 is 2.10 bits per heavy atom. The average molecular weight is 171 g/mol. The van der Waals surface area contributed by atoms with Crippen LogP contribution in [0.5, 0.6) is 0 Å². The topological polar surface area (TPSA) is 87.7 Å². The van der Waals surface area contributed by atoms with Crippen LogP contribution >= 0.6 is 11.3 Å². The Kier molecular flexibility index (Phi) is 27.5. The molecule has 1 heterocycles. The molecule has 0 aliphatic heterocycles. The van der Waals surface area contributed by atoms with Crippen molar-refractivity contribution in [3.63, 3.8) is 0 Å². The van der Waals surface area contributed by atoms with Crippen LogP contribution in [0.15, 0.2) is 17.1 Å². The Labute approximate surface area is 85.8 Å². The van der Waals surface area contributed by atoms with E-state index in [0.29, 0.717) is 0 Å². The molecule has 0 saturated heterocycles.